The van der Waals surface area contributed by atoms with Crippen LogP contribution in [0.2, 0.25) is 0 Å². The average molecular weight is 252 g/mol. The minimum Gasteiger partial charge on any atom is -0.398 e. The molecule has 17 heavy (non-hydrogen) atoms. The first-order chi connectivity index (χ1) is 8.09. The zero-order chi connectivity index (χ0) is 12.3. The molecule has 7 heteroatoms. The van der Waals surface area contributed by atoms with Crippen LogP contribution in [0.4, 0.5) is 5.69 Å². The lowest BCUT2D eigenvalue weighted by molar-refractivity contribution is 0.578. The number of aromatic nitrogens is 2. The maximum absolute atomic E-state index is 11.8. The standard InChI is InChI=1S/C10H12N4O2S/c11-9-4-2-1-3-8(9)5-14-17(15,16)10-6-12-7-13-10/h1-4,6-7,14H,5,11H2,(H,12,13). The van der Waals surface area contributed by atoms with Crippen molar-refractivity contribution < 1.29 is 8.42 Å². The molecule has 4 N–H and O–H groups in total. The lowest BCUT2D eigenvalue weighted by Gasteiger charge is -2.06. The Labute approximate surface area is 98.9 Å². The van der Waals surface area contributed by atoms with Gasteiger partial charge in [-0.25, -0.2) is 18.1 Å². The number of rotatable bonds is 4. The van der Waals surface area contributed by atoms with Gasteiger partial charge in [-0.1, -0.05) is 18.2 Å². The van der Waals surface area contributed by atoms with Crippen molar-refractivity contribution in [3.8, 4) is 0 Å². The summed E-state index contributed by atoms with van der Waals surface area (Å²) >= 11 is 0. The molecule has 0 saturated carbocycles. The monoisotopic (exact) mass is 252 g/mol. The molecular formula is C10H12N4O2S. The molecule has 0 unspecified atom stereocenters. The van der Waals surface area contributed by atoms with Crippen LogP contribution in [0, 0.1) is 0 Å². The van der Waals surface area contributed by atoms with Crippen LogP contribution in [-0.4, -0.2) is 18.4 Å². The van der Waals surface area contributed by atoms with E-state index in [1.807, 2.05) is 0 Å². The number of sulfonamides is 1. The maximum atomic E-state index is 11.8. The van der Waals surface area contributed by atoms with Crippen molar-refractivity contribution in [2.24, 2.45) is 0 Å². The minimum atomic E-state index is -3.56. The number of H-pyrrole nitrogens is 1. The van der Waals surface area contributed by atoms with Gasteiger partial charge in [-0.2, -0.15) is 0 Å². The van der Waals surface area contributed by atoms with Crippen molar-refractivity contribution in [2.45, 2.75) is 11.6 Å². The topological polar surface area (TPSA) is 101 Å². The summed E-state index contributed by atoms with van der Waals surface area (Å²) in [5.74, 6) is 0. The predicted molar refractivity (Wildman–Crippen MR) is 63.5 cm³/mol. The number of nitrogens with two attached hydrogens (primary N) is 1. The van der Waals surface area contributed by atoms with E-state index in [4.69, 9.17) is 5.73 Å². The van der Waals surface area contributed by atoms with Gasteiger partial charge in [0.1, 0.15) is 0 Å². The van der Waals surface area contributed by atoms with E-state index < -0.39 is 10.0 Å². The van der Waals surface area contributed by atoms with E-state index in [2.05, 4.69) is 14.7 Å². The summed E-state index contributed by atoms with van der Waals surface area (Å²) in [5.41, 5.74) is 7.00. The SMILES string of the molecule is Nc1ccccc1CNS(=O)(=O)c1cnc[nH]1. The van der Waals surface area contributed by atoms with Crippen LogP contribution in [-0.2, 0) is 16.6 Å². The van der Waals surface area contributed by atoms with Crippen molar-refractivity contribution >= 4 is 15.7 Å². The largest absolute Gasteiger partial charge is 0.398 e. The second kappa shape index (κ2) is 4.56. The fourth-order valence-electron chi connectivity index (χ4n) is 1.34. The quantitative estimate of drug-likeness (QED) is 0.688. The molecule has 0 aliphatic carbocycles. The highest BCUT2D eigenvalue weighted by Gasteiger charge is 2.15. The highest BCUT2D eigenvalue weighted by Crippen LogP contribution is 2.11. The van der Waals surface area contributed by atoms with Gasteiger partial charge in [0.2, 0.25) is 0 Å². The Kier molecular flexibility index (Phi) is 3.12. The summed E-state index contributed by atoms with van der Waals surface area (Å²) < 4.78 is 25.9. The van der Waals surface area contributed by atoms with Crippen LogP contribution in [0.3, 0.4) is 0 Å². The highest BCUT2D eigenvalue weighted by molar-refractivity contribution is 7.89. The molecule has 0 saturated heterocycles. The molecule has 0 amide bonds. The van der Waals surface area contributed by atoms with Crippen LogP contribution >= 0.6 is 0 Å². The molecule has 0 atom stereocenters. The van der Waals surface area contributed by atoms with E-state index in [-0.39, 0.29) is 11.6 Å². The van der Waals surface area contributed by atoms with Crippen molar-refractivity contribution in [1.29, 1.82) is 0 Å². The van der Waals surface area contributed by atoms with E-state index >= 15 is 0 Å². The van der Waals surface area contributed by atoms with Gasteiger partial charge in [-0.3, -0.25) is 0 Å². The van der Waals surface area contributed by atoms with E-state index in [1.165, 1.54) is 12.5 Å². The van der Waals surface area contributed by atoms with E-state index in [0.29, 0.717) is 5.69 Å². The molecule has 0 radical (unpaired) electrons. The molecule has 0 spiro atoms. The first-order valence-corrected chi connectivity index (χ1v) is 6.39. The molecule has 0 aliphatic heterocycles. The zero-order valence-electron chi connectivity index (χ0n) is 8.92. The summed E-state index contributed by atoms with van der Waals surface area (Å²) in [6.07, 6.45) is 2.56. The molecule has 0 fully saturated rings. The van der Waals surface area contributed by atoms with Crippen LogP contribution in [0.15, 0.2) is 41.8 Å². The molecule has 2 aromatic rings. The number of para-hydroxylation sites is 1. The normalized spacial score (nSPS) is 11.5. The first kappa shape index (κ1) is 11.6. The van der Waals surface area contributed by atoms with Crippen LogP contribution < -0.4 is 10.5 Å². The van der Waals surface area contributed by atoms with Gasteiger partial charge < -0.3 is 10.7 Å². The van der Waals surface area contributed by atoms with Crippen LogP contribution in [0.5, 0.6) is 0 Å². The third-order valence-corrected chi connectivity index (χ3v) is 3.60. The molecule has 0 aliphatic rings. The summed E-state index contributed by atoms with van der Waals surface area (Å²) in [5, 5.41) is 0.0343. The summed E-state index contributed by atoms with van der Waals surface area (Å²) in [6, 6.07) is 7.09. The molecule has 1 aromatic carbocycles. The number of aromatic amines is 1. The molecule has 1 heterocycles. The first-order valence-electron chi connectivity index (χ1n) is 4.91. The molecule has 6 nitrogen and oxygen atoms in total. The summed E-state index contributed by atoms with van der Waals surface area (Å²) in [4.78, 5) is 6.20. The summed E-state index contributed by atoms with van der Waals surface area (Å²) in [6.45, 7) is 0.147. The van der Waals surface area contributed by atoms with Crippen molar-refractivity contribution in [1.82, 2.24) is 14.7 Å². The number of nitrogen functional groups attached to an aromatic ring is 1. The predicted octanol–water partition coefficient (Wildman–Crippen LogP) is 0.470. The van der Waals surface area contributed by atoms with Crippen LogP contribution in [0.25, 0.3) is 0 Å². The van der Waals surface area contributed by atoms with Gasteiger partial charge in [0.25, 0.3) is 10.0 Å². The smallest absolute Gasteiger partial charge is 0.257 e. The van der Waals surface area contributed by atoms with Gasteiger partial charge in [0.15, 0.2) is 5.03 Å². The fraction of sp³-hybridized carbons (Fsp3) is 0.100. The van der Waals surface area contributed by atoms with Gasteiger partial charge in [0, 0.05) is 12.2 Å². The fourth-order valence-corrected chi connectivity index (χ4v) is 2.24. The lowest BCUT2D eigenvalue weighted by Crippen LogP contribution is -2.24. The number of hydrogen-bond acceptors (Lipinski definition) is 4. The third kappa shape index (κ3) is 2.63. The number of nitrogens with zero attached hydrogens (tertiary/aromatic N) is 1. The van der Waals surface area contributed by atoms with Gasteiger partial charge in [-0.05, 0) is 11.6 Å². The van der Waals surface area contributed by atoms with E-state index in [0.717, 1.165) is 5.56 Å². The number of anilines is 1. The Hall–Kier alpha value is -1.86. The second-order valence-corrected chi connectivity index (χ2v) is 5.17. The second-order valence-electron chi connectivity index (χ2n) is 3.44. The Morgan fingerprint density at radius 3 is 2.76 bits per heavy atom. The summed E-state index contributed by atoms with van der Waals surface area (Å²) in [7, 11) is -3.56. The Bertz CT molecular complexity index is 593. The van der Waals surface area contributed by atoms with Crippen LogP contribution in [0.1, 0.15) is 5.56 Å². The van der Waals surface area contributed by atoms with Crippen molar-refractivity contribution in [3.63, 3.8) is 0 Å². The van der Waals surface area contributed by atoms with Crippen molar-refractivity contribution in [3.05, 3.63) is 42.4 Å². The number of nitrogens with one attached hydrogen (secondary N) is 2. The Morgan fingerprint density at radius 2 is 2.12 bits per heavy atom. The van der Waals surface area contributed by atoms with Gasteiger partial charge in [-0.15, -0.1) is 0 Å². The van der Waals surface area contributed by atoms with E-state index in [1.54, 1.807) is 24.3 Å². The maximum Gasteiger partial charge on any atom is 0.257 e. The van der Waals surface area contributed by atoms with Gasteiger partial charge in [0.05, 0.1) is 12.5 Å². The molecule has 90 valence electrons. The zero-order valence-corrected chi connectivity index (χ0v) is 9.74. The Morgan fingerprint density at radius 1 is 1.35 bits per heavy atom. The number of benzene rings is 1. The van der Waals surface area contributed by atoms with Crippen molar-refractivity contribution in [2.75, 3.05) is 5.73 Å². The number of hydrogen-bond donors (Lipinski definition) is 3. The molecule has 1 aromatic heterocycles. The lowest BCUT2D eigenvalue weighted by atomic mass is 10.2. The molecular weight excluding hydrogens is 240 g/mol. The highest BCUT2D eigenvalue weighted by atomic mass is 32.2. The molecule has 0 bridgehead atoms. The third-order valence-electron chi connectivity index (χ3n) is 2.27. The number of imidazole rings is 1. The minimum absolute atomic E-state index is 0.0343. The Balaban J connectivity index is 2.12. The van der Waals surface area contributed by atoms with E-state index in [9.17, 15) is 8.42 Å². The average Bonchev–Trinajstić information content (AvgIpc) is 2.82. The molecule has 2 rings (SSSR count). The van der Waals surface area contributed by atoms with Gasteiger partial charge >= 0.3 is 0 Å².